The van der Waals surface area contributed by atoms with Crippen molar-refractivity contribution in [2.45, 2.75) is 31.1 Å². The molecular weight excluding hydrogens is 670 g/mol. The number of hydrogen-bond donors (Lipinski definition) is 2. The number of carbonyl (C=O) groups is 2. The van der Waals surface area contributed by atoms with E-state index in [4.69, 9.17) is 11.6 Å². The first-order chi connectivity index (χ1) is 21.6. The number of nitrogens with zero attached hydrogens (tertiary/aromatic N) is 4. The standard InChI is InChI=1S/C27H15ClF6N6O5S/c1-11(2)46(45-44-25(42)27(32,33)34)16-8-12(9-35)17(18(28)21(16)43-24(41)26(29,30)31)23-39-19-13-5-7-36-10-15(13)38-22-14(20(19)40-23)4-3-6-37-22/h3-8,10H,1-2H3,(H,37,38)(H,39,40). The number of fused-ring (bicyclic) bond motifs is 5. The summed E-state index contributed by atoms with van der Waals surface area (Å²) in [6.45, 7) is 2.53. The number of hydrogen-bond acceptors (Lipinski definition) is 10. The van der Waals surface area contributed by atoms with E-state index in [1.165, 1.54) is 32.4 Å². The molecule has 238 valence electrons. The summed E-state index contributed by atoms with van der Waals surface area (Å²) in [7, 11) is -2.25. The summed E-state index contributed by atoms with van der Waals surface area (Å²) in [6, 6.07) is 7.62. The fourth-order valence-corrected chi connectivity index (χ4v) is 5.87. The monoisotopic (exact) mass is 684 g/mol. The first kappa shape index (κ1) is 32.4. The number of carbonyl (C=O) groups excluding carboxylic acids is 2. The summed E-state index contributed by atoms with van der Waals surface area (Å²) in [6.07, 6.45) is -6.52. The van der Waals surface area contributed by atoms with Crippen molar-refractivity contribution in [1.82, 2.24) is 19.9 Å². The Balaban J connectivity index is 1.75. The minimum absolute atomic E-state index is 0.0264. The van der Waals surface area contributed by atoms with E-state index in [1.807, 2.05) is 6.07 Å². The van der Waals surface area contributed by atoms with Crippen LogP contribution in [0.4, 0.5) is 37.8 Å². The zero-order valence-electron chi connectivity index (χ0n) is 22.9. The number of ether oxygens (including phenoxy) is 1. The first-order valence-corrected chi connectivity index (χ1v) is 14.0. The van der Waals surface area contributed by atoms with E-state index in [1.54, 1.807) is 18.2 Å². The lowest BCUT2D eigenvalue weighted by molar-refractivity contribution is -0.251. The molecule has 46 heavy (non-hydrogen) atoms. The van der Waals surface area contributed by atoms with Crippen LogP contribution in [0.2, 0.25) is 5.02 Å². The number of anilines is 2. The summed E-state index contributed by atoms with van der Waals surface area (Å²) in [5.41, 5.74) is 1.46. The van der Waals surface area contributed by atoms with Gasteiger partial charge >= 0.3 is 24.3 Å². The van der Waals surface area contributed by atoms with Crippen LogP contribution in [0.1, 0.15) is 19.4 Å². The Labute approximate surface area is 261 Å². The third kappa shape index (κ3) is 6.11. The van der Waals surface area contributed by atoms with Crippen molar-refractivity contribution >= 4 is 50.7 Å². The van der Waals surface area contributed by atoms with E-state index in [-0.39, 0.29) is 27.5 Å². The number of aromatic amines is 1. The molecule has 0 saturated heterocycles. The lowest BCUT2D eigenvalue weighted by atomic mass is 10.1. The van der Waals surface area contributed by atoms with Gasteiger partial charge in [0.15, 0.2) is 5.75 Å². The highest BCUT2D eigenvalue weighted by molar-refractivity contribution is 8.11. The predicted molar refractivity (Wildman–Crippen MR) is 151 cm³/mol. The molecule has 5 rings (SSSR count). The van der Waals surface area contributed by atoms with E-state index in [0.29, 0.717) is 28.3 Å². The smallest absolute Gasteiger partial charge is 0.417 e. The summed E-state index contributed by atoms with van der Waals surface area (Å²) < 4.78 is 87.7. The second-order valence-corrected chi connectivity index (χ2v) is 11.6. The van der Waals surface area contributed by atoms with Gasteiger partial charge in [-0.05, 0) is 43.0 Å². The molecule has 4 heterocycles. The van der Waals surface area contributed by atoms with Crippen LogP contribution < -0.4 is 10.1 Å². The van der Waals surface area contributed by atoms with Gasteiger partial charge in [-0.3, -0.25) is 9.87 Å². The van der Waals surface area contributed by atoms with Gasteiger partial charge in [-0.2, -0.15) is 31.6 Å². The summed E-state index contributed by atoms with van der Waals surface area (Å²) in [4.78, 5) is 42.6. The van der Waals surface area contributed by atoms with Crippen LogP contribution in [0, 0.1) is 11.3 Å². The van der Waals surface area contributed by atoms with E-state index in [9.17, 15) is 41.2 Å². The normalized spacial score (nSPS) is 12.8. The molecule has 4 aromatic rings. The highest BCUT2D eigenvalue weighted by Gasteiger charge is 2.44. The first-order valence-electron chi connectivity index (χ1n) is 12.4. The Kier molecular flexibility index (Phi) is 8.51. The Morgan fingerprint density at radius 2 is 1.76 bits per heavy atom. The van der Waals surface area contributed by atoms with Crippen LogP contribution in [0.25, 0.3) is 33.9 Å². The van der Waals surface area contributed by atoms with Crippen LogP contribution in [0.15, 0.2) is 47.8 Å². The topological polar surface area (TPSA) is 152 Å². The Bertz CT molecular complexity index is 1920. The average molecular weight is 685 g/mol. The Morgan fingerprint density at radius 1 is 1.04 bits per heavy atom. The number of alkyl halides is 6. The number of esters is 1. The lowest BCUT2D eigenvalue weighted by Crippen LogP contribution is -2.28. The molecule has 0 fully saturated rings. The van der Waals surface area contributed by atoms with Crippen molar-refractivity contribution in [3.63, 3.8) is 0 Å². The second kappa shape index (κ2) is 12.1. The van der Waals surface area contributed by atoms with Gasteiger partial charge < -0.3 is 15.0 Å². The van der Waals surface area contributed by atoms with E-state index >= 15 is 0 Å². The molecule has 3 aromatic heterocycles. The van der Waals surface area contributed by atoms with Crippen molar-refractivity contribution < 1.29 is 49.9 Å². The van der Waals surface area contributed by atoms with Crippen LogP contribution in [0.3, 0.4) is 0 Å². The SMILES string of the molecule is CC(C)=S(OOC(=O)C(F)(F)F)c1cc(C#N)c(-c2nc3c([nH]2)-c2ccncc2Nc2ncccc2-3)c(Cl)c1OC(=O)C(F)(F)F. The van der Waals surface area contributed by atoms with E-state index in [2.05, 4.69) is 39.2 Å². The quantitative estimate of drug-likeness (QED) is 0.0492. The van der Waals surface area contributed by atoms with Gasteiger partial charge in [0.2, 0.25) is 0 Å². The number of nitriles is 1. The van der Waals surface area contributed by atoms with Gasteiger partial charge in [0.05, 0.1) is 44.7 Å². The minimum atomic E-state index is -5.55. The fourth-order valence-electron chi connectivity index (χ4n) is 4.17. The van der Waals surface area contributed by atoms with E-state index < -0.39 is 50.7 Å². The Morgan fingerprint density at radius 3 is 2.41 bits per heavy atom. The molecule has 0 saturated carbocycles. The van der Waals surface area contributed by atoms with Crippen molar-refractivity contribution in [2.24, 2.45) is 0 Å². The number of halogens is 7. The molecule has 1 aromatic carbocycles. The van der Waals surface area contributed by atoms with Crippen LogP contribution in [-0.2, 0) is 18.8 Å². The van der Waals surface area contributed by atoms with E-state index in [0.717, 1.165) is 6.07 Å². The molecule has 0 amide bonds. The largest absolute Gasteiger partial charge is 0.494 e. The molecule has 0 radical (unpaired) electrons. The molecule has 2 N–H and O–H groups in total. The average Bonchev–Trinajstić information content (AvgIpc) is 3.37. The van der Waals surface area contributed by atoms with Gasteiger partial charge in [-0.15, -0.1) is 4.33 Å². The maximum atomic E-state index is 13.4. The molecule has 1 aliphatic rings. The molecule has 1 unspecified atom stereocenters. The maximum absolute atomic E-state index is 13.4. The Hall–Kier alpha value is -4.99. The van der Waals surface area contributed by atoms with Gasteiger partial charge in [0, 0.05) is 34.3 Å². The molecular formula is C27H15ClF6N6O5S. The molecule has 0 bridgehead atoms. The third-order valence-electron chi connectivity index (χ3n) is 6.06. The summed E-state index contributed by atoms with van der Waals surface area (Å²) in [5, 5.41) is 12.5. The number of imidazole rings is 1. The molecule has 11 nitrogen and oxygen atoms in total. The number of pyridine rings is 2. The van der Waals surface area contributed by atoms with Crippen LogP contribution in [-0.4, -0.2) is 49.1 Å². The van der Waals surface area contributed by atoms with Crippen molar-refractivity contribution in [3.05, 3.63) is 53.4 Å². The third-order valence-corrected chi connectivity index (χ3v) is 8.07. The molecule has 0 aliphatic carbocycles. The number of H-pyrrole nitrogens is 1. The van der Waals surface area contributed by atoms with Crippen molar-refractivity contribution in [1.29, 1.82) is 5.26 Å². The minimum Gasteiger partial charge on any atom is -0.417 e. The van der Waals surface area contributed by atoms with Crippen molar-refractivity contribution in [2.75, 3.05) is 5.32 Å². The van der Waals surface area contributed by atoms with Crippen molar-refractivity contribution in [3.8, 4) is 45.7 Å². The lowest BCUT2D eigenvalue weighted by Gasteiger charge is -2.19. The summed E-state index contributed by atoms with van der Waals surface area (Å²) in [5.74, 6) is -6.36. The number of nitrogens with one attached hydrogen (secondary N) is 2. The van der Waals surface area contributed by atoms with Gasteiger partial charge in [-0.25, -0.2) is 19.6 Å². The van der Waals surface area contributed by atoms with Gasteiger partial charge in [0.1, 0.15) is 17.3 Å². The number of rotatable bonds is 5. The molecule has 19 heteroatoms. The molecule has 1 atom stereocenters. The molecule has 0 spiro atoms. The van der Waals surface area contributed by atoms with Gasteiger partial charge in [-0.1, -0.05) is 11.6 Å². The highest BCUT2D eigenvalue weighted by atomic mass is 35.5. The zero-order chi connectivity index (χ0) is 33.6. The maximum Gasteiger partial charge on any atom is 0.494 e. The van der Waals surface area contributed by atoms with Crippen LogP contribution >= 0.6 is 22.4 Å². The predicted octanol–water partition coefficient (Wildman–Crippen LogP) is 7.04. The number of aromatic nitrogens is 4. The molecule has 1 aliphatic heterocycles. The number of benzene rings is 1. The second-order valence-electron chi connectivity index (χ2n) is 9.31. The van der Waals surface area contributed by atoms with Crippen LogP contribution in [0.5, 0.6) is 5.75 Å². The fraction of sp³-hybridized carbons (Fsp3) is 0.148. The highest BCUT2D eigenvalue weighted by Crippen LogP contribution is 2.50. The zero-order valence-corrected chi connectivity index (χ0v) is 24.5. The van der Waals surface area contributed by atoms with Gasteiger partial charge in [0.25, 0.3) is 0 Å². The summed E-state index contributed by atoms with van der Waals surface area (Å²) >= 11 is 6.57.